The molecule has 5 nitrogen and oxygen atoms in total. The molecule has 0 radical (unpaired) electrons. The van der Waals surface area contributed by atoms with Crippen molar-refractivity contribution in [2.24, 2.45) is 0 Å². The van der Waals surface area contributed by atoms with Crippen LogP contribution in [0.2, 0.25) is 0 Å². The van der Waals surface area contributed by atoms with Gasteiger partial charge in [0.1, 0.15) is 5.75 Å². The molecule has 0 amide bonds. The predicted molar refractivity (Wildman–Crippen MR) is 128 cm³/mol. The highest BCUT2D eigenvalue weighted by Gasteiger charge is 2.32. The lowest BCUT2D eigenvalue weighted by Gasteiger charge is -2.25. The Hall–Kier alpha value is -2.89. The van der Waals surface area contributed by atoms with E-state index in [1.165, 1.54) is 12.8 Å². The first-order chi connectivity index (χ1) is 15.5. The Bertz CT molecular complexity index is 1040. The average molecular weight is 432 g/mol. The van der Waals surface area contributed by atoms with Gasteiger partial charge >= 0.3 is 0 Å². The van der Waals surface area contributed by atoms with Crippen molar-refractivity contribution in [2.45, 2.75) is 58.2 Å². The van der Waals surface area contributed by atoms with Crippen molar-refractivity contribution in [1.82, 2.24) is 14.7 Å². The summed E-state index contributed by atoms with van der Waals surface area (Å²) in [6.07, 6.45) is 5.42. The third-order valence-corrected chi connectivity index (χ3v) is 5.92. The van der Waals surface area contributed by atoms with Crippen molar-refractivity contribution in [3.05, 3.63) is 84.1 Å². The first kappa shape index (κ1) is 22.3. The molecule has 0 spiro atoms. The molecule has 0 aliphatic heterocycles. The summed E-state index contributed by atoms with van der Waals surface area (Å²) in [5.41, 5.74) is 4.13. The number of aliphatic hydroxyl groups excluding tert-OH is 1. The van der Waals surface area contributed by atoms with Gasteiger partial charge in [-0.2, -0.15) is 5.10 Å². The summed E-state index contributed by atoms with van der Waals surface area (Å²) in [7, 11) is 0. The first-order valence-electron chi connectivity index (χ1n) is 11.5. The first-order valence-corrected chi connectivity index (χ1v) is 11.5. The summed E-state index contributed by atoms with van der Waals surface area (Å²) in [5.74, 6) is 1.54. The highest BCUT2D eigenvalue weighted by molar-refractivity contribution is 5.43. The van der Waals surface area contributed by atoms with Crippen LogP contribution in [-0.2, 0) is 6.54 Å². The second-order valence-electron chi connectivity index (χ2n) is 8.72. The molecule has 0 saturated heterocycles. The predicted octanol–water partition coefficient (Wildman–Crippen LogP) is 5.57. The summed E-state index contributed by atoms with van der Waals surface area (Å²) in [4.78, 5) is 2.39. The van der Waals surface area contributed by atoms with Crippen molar-refractivity contribution in [3.8, 4) is 17.3 Å². The van der Waals surface area contributed by atoms with Crippen molar-refractivity contribution in [1.29, 1.82) is 0 Å². The second-order valence-corrected chi connectivity index (χ2v) is 8.72. The minimum atomic E-state index is -0.362. The second kappa shape index (κ2) is 10.2. The molecule has 5 heteroatoms. The summed E-state index contributed by atoms with van der Waals surface area (Å²) in [6.45, 7) is 9.23. The Labute approximate surface area is 191 Å². The van der Waals surface area contributed by atoms with Crippen LogP contribution in [0.15, 0.2) is 67.3 Å². The number of ether oxygens (including phenoxy) is 1. The SMILES string of the molecule is C=CCC[C@@H](O)CN(Cc1c(C)nn(-c2ccccc2)c1Oc1cccc(C)c1)C1CC1. The number of benzene rings is 2. The van der Waals surface area contributed by atoms with Crippen molar-refractivity contribution in [3.63, 3.8) is 0 Å². The zero-order chi connectivity index (χ0) is 22.5. The molecular weight excluding hydrogens is 398 g/mol. The molecule has 1 fully saturated rings. The molecule has 1 aliphatic rings. The normalized spacial score (nSPS) is 14.5. The summed E-state index contributed by atoms with van der Waals surface area (Å²) in [6, 6.07) is 18.7. The lowest BCUT2D eigenvalue weighted by atomic mass is 10.1. The monoisotopic (exact) mass is 431 g/mol. The van der Waals surface area contributed by atoms with Crippen LogP contribution >= 0.6 is 0 Å². The van der Waals surface area contributed by atoms with E-state index >= 15 is 0 Å². The van der Waals surface area contributed by atoms with Gasteiger partial charge in [0.25, 0.3) is 0 Å². The minimum absolute atomic E-state index is 0.362. The van der Waals surface area contributed by atoms with E-state index < -0.39 is 0 Å². The van der Waals surface area contributed by atoms with E-state index in [0.717, 1.165) is 47.0 Å². The quantitative estimate of drug-likeness (QED) is 0.403. The molecule has 4 rings (SSSR count). The van der Waals surface area contributed by atoms with Crippen LogP contribution in [-0.4, -0.2) is 38.5 Å². The highest BCUT2D eigenvalue weighted by Crippen LogP contribution is 2.35. The molecule has 1 N–H and O–H groups in total. The van der Waals surface area contributed by atoms with Crippen LogP contribution < -0.4 is 4.74 Å². The number of nitrogens with zero attached hydrogens (tertiary/aromatic N) is 3. The van der Waals surface area contributed by atoms with Gasteiger partial charge in [-0.05, 0) is 69.4 Å². The molecule has 0 bridgehead atoms. The minimum Gasteiger partial charge on any atom is -0.439 e. The van der Waals surface area contributed by atoms with Gasteiger partial charge in [0.15, 0.2) is 0 Å². The number of para-hydroxylation sites is 1. The maximum absolute atomic E-state index is 10.6. The molecule has 0 unspecified atom stereocenters. The summed E-state index contributed by atoms with van der Waals surface area (Å²) in [5, 5.41) is 15.4. The largest absolute Gasteiger partial charge is 0.439 e. The fraction of sp³-hybridized carbons (Fsp3) is 0.370. The molecule has 32 heavy (non-hydrogen) atoms. The van der Waals surface area contributed by atoms with Crippen LogP contribution in [0.1, 0.15) is 42.5 Å². The van der Waals surface area contributed by atoms with Crippen LogP contribution in [0.3, 0.4) is 0 Å². The zero-order valence-electron chi connectivity index (χ0n) is 19.1. The Morgan fingerprint density at radius 1 is 1.19 bits per heavy atom. The number of aryl methyl sites for hydroxylation is 2. The Morgan fingerprint density at radius 3 is 2.66 bits per heavy atom. The summed E-state index contributed by atoms with van der Waals surface area (Å²) < 4.78 is 8.36. The average Bonchev–Trinajstić information content (AvgIpc) is 3.59. The summed E-state index contributed by atoms with van der Waals surface area (Å²) >= 11 is 0. The topological polar surface area (TPSA) is 50.5 Å². The maximum atomic E-state index is 10.6. The molecular formula is C27H33N3O2. The van der Waals surface area contributed by atoms with E-state index in [4.69, 9.17) is 9.84 Å². The number of hydrogen-bond donors (Lipinski definition) is 1. The van der Waals surface area contributed by atoms with Crippen LogP contribution in [0, 0.1) is 13.8 Å². The number of rotatable bonds is 11. The Kier molecular flexibility index (Phi) is 7.08. The third-order valence-electron chi connectivity index (χ3n) is 5.92. The standard InChI is InChI=1S/C27H33N3O2/c1-4-5-13-24(31)18-29(22-15-16-22)19-26-21(3)28-30(23-11-7-6-8-12-23)27(26)32-25-14-9-10-20(2)17-25/h4,6-12,14,17,22,24,31H,1,5,13,15-16,18-19H2,2-3H3/t24-/m1/s1. The molecule has 1 saturated carbocycles. The van der Waals surface area contributed by atoms with E-state index in [0.29, 0.717) is 19.1 Å². The van der Waals surface area contributed by atoms with Gasteiger partial charge in [0.2, 0.25) is 5.88 Å². The fourth-order valence-corrected chi connectivity index (χ4v) is 4.02. The van der Waals surface area contributed by atoms with Gasteiger partial charge in [0, 0.05) is 19.1 Å². The van der Waals surface area contributed by atoms with Crippen LogP contribution in [0.25, 0.3) is 5.69 Å². The molecule has 3 aromatic rings. The van der Waals surface area contributed by atoms with Gasteiger partial charge < -0.3 is 9.84 Å². The number of aromatic nitrogens is 2. The fourth-order valence-electron chi connectivity index (χ4n) is 4.02. The number of aliphatic hydroxyl groups is 1. The van der Waals surface area contributed by atoms with E-state index in [2.05, 4.69) is 24.5 Å². The van der Waals surface area contributed by atoms with Crippen molar-refractivity contribution >= 4 is 0 Å². The van der Waals surface area contributed by atoms with E-state index in [1.807, 2.05) is 66.2 Å². The van der Waals surface area contributed by atoms with Crippen molar-refractivity contribution in [2.75, 3.05) is 6.54 Å². The molecule has 1 aliphatic carbocycles. The smallest absolute Gasteiger partial charge is 0.227 e. The van der Waals surface area contributed by atoms with Crippen LogP contribution in [0.4, 0.5) is 0 Å². The third kappa shape index (κ3) is 5.47. The lowest BCUT2D eigenvalue weighted by molar-refractivity contribution is 0.0975. The molecule has 1 aromatic heterocycles. The van der Waals surface area contributed by atoms with Crippen LogP contribution in [0.5, 0.6) is 11.6 Å². The number of hydrogen-bond acceptors (Lipinski definition) is 4. The van der Waals surface area contributed by atoms with Crippen molar-refractivity contribution < 1.29 is 9.84 Å². The van der Waals surface area contributed by atoms with E-state index in [1.54, 1.807) is 0 Å². The molecule has 2 aromatic carbocycles. The highest BCUT2D eigenvalue weighted by atomic mass is 16.5. The zero-order valence-corrected chi connectivity index (χ0v) is 19.1. The maximum Gasteiger partial charge on any atom is 0.227 e. The van der Waals surface area contributed by atoms with Gasteiger partial charge in [-0.3, -0.25) is 4.90 Å². The van der Waals surface area contributed by atoms with Gasteiger partial charge in [-0.1, -0.05) is 36.4 Å². The Morgan fingerprint density at radius 2 is 1.97 bits per heavy atom. The molecule has 1 heterocycles. The van der Waals surface area contributed by atoms with E-state index in [-0.39, 0.29) is 6.10 Å². The molecule has 168 valence electrons. The number of allylic oxidation sites excluding steroid dienone is 1. The van der Waals surface area contributed by atoms with Gasteiger partial charge in [0.05, 0.1) is 23.0 Å². The van der Waals surface area contributed by atoms with Gasteiger partial charge in [-0.15, -0.1) is 6.58 Å². The lowest BCUT2D eigenvalue weighted by Crippen LogP contribution is -2.34. The van der Waals surface area contributed by atoms with Gasteiger partial charge in [-0.25, -0.2) is 4.68 Å². The Balaban J connectivity index is 1.67. The van der Waals surface area contributed by atoms with E-state index in [9.17, 15) is 5.11 Å². The molecule has 1 atom stereocenters.